The van der Waals surface area contributed by atoms with Crippen LogP contribution in [0.1, 0.15) is 70.1 Å². The number of furan rings is 1. The molecule has 3 N–H and O–H groups in total. The molecule has 0 aliphatic carbocycles. The molecule has 0 radical (unpaired) electrons. The van der Waals surface area contributed by atoms with Crippen molar-refractivity contribution >= 4 is 29.4 Å². The molecule has 3 rings (SSSR count). The van der Waals surface area contributed by atoms with Crippen LogP contribution in [0.2, 0.25) is 0 Å². The number of hydrogen-bond donors (Lipinski definition) is 2. The van der Waals surface area contributed by atoms with Crippen molar-refractivity contribution in [3.05, 3.63) is 52.6 Å². The quantitative estimate of drug-likeness (QED) is 0.362. The van der Waals surface area contributed by atoms with Gasteiger partial charge in [0.15, 0.2) is 10.9 Å². The van der Waals surface area contributed by atoms with Crippen molar-refractivity contribution in [3.63, 3.8) is 0 Å². The number of hydrogen-bond acceptors (Lipinski definition) is 6. The SMILES string of the molecule is CCC(OP(=O)(O)c1ccoc1-c1nc(N)sc1CC(C)C)c1ccc(C(C)(C)C)cc1. The van der Waals surface area contributed by atoms with Crippen LogP contribution < -0.4 is 11.0 Å². The molecule has 2 aromatic heterocycles. The van der Waals surface area contributed by atoms with Gasteiger partial charge in [-0.2, -0.15) is 0 Å². The Labute approximate surface area is 194 Å². The second-order valence-corrected chi connectivity index (χ2v) is 12.3. The van der Waals surface area contributed by atoms with E-state index >= 15 is 0 Å². The molecule has 2 heterocycles. The number of benzene rings is 1. The smallest absolute Gasteiger partial charge is 0.363 e. The molecule has 0 bridgehead atoms. The summed E-state index contributed by atoms with van der Waals surface area (Å²) in [7, 11) is -4.20. The van der Waals surface area contributed by atoms with Crippen molar-refractivity contribution in [3.8, 4) is 11.5 Å². The van der Waals surface area contributed by atoms with Crippen molar-refractivity contribution in [2.45, 2.75) is 65.9 Å². The van der Waals surface area contributed by atoms with E-state index < -0.39 is 13.7 Å². The molecule has 174 valence electrons. The fraction of sp³-hybridized carbons (Fsp3) is 0.458. The van der Waals surface area contributed by atoms with Gasteiger partial charge in [0.2, 0.25) is 0 Å². The number of nitrogens with two attached hydrogens (primary N) is 1. The summed E-state index contributed by atoms with van der Waals surface area (Å²) in [6.07, 6.45) is 2.16. The van der Waals surface area contributed by atoms with Crippen molar-refractivity contribution in [2.24, 2.45) is 5.92 Å². The molecule has 3 aromatic rings. The maximum atomic E-state index is 13.4. The van der Waals surface area contributed by atoms with Crippen molar-refractivity contribution in [2.75, 3.05) is 5.73 Å². The van der Waals surface area contributed by atoms with Gasteiger partial charge in [-0.3, -0.25) is 9.09 Å². The number of rotatable bonds is 8. The van der Waals surface area contributed by atoms with Crippen molar-refractivity contribution in [1.29, 1.82) is 0 Å². The zero-order chi connectivity index (χ0) is 23.7. The highest BCUT2D eigenvalue weighted by atomic mass is 32.1. The highest BCUT2D eigenvalue weighted by molar-refractivity contribution is 7.61. The van der Waals surface area contributed by atoms with Gasteiger partial charge in [-0.25, -0.2) is 4.98 Å². The zero-order valence-corrected chi connectivity index (χ0v) is 21.3. The predicted molar refractivity (Wildman–Crippen MR) is 131 cm³/mol. The highest BCUT2D eigenvalue weighted by Crippen LogP contribution is 2.50. The monoisotopic (exact) mass is 476 g/mol. The molecule has 0 saturated carbocycles. The fourth-order valence-corrected chi connectivity index (χ4v) is 5.99. The van der Waals surface area contributed by atoms with Gasteiger partial charge >= 0.3 is 7.60 Å². The third-order valence-electron chi connectivity index (χ3n) is 5.26. The summed E-state index contributed by atoms with van der Waals surface area (Å²) >= 11 is 1.37. The Hall–Kier alpha value is -1.92. The lowest BCUT2D eigenvalue weighted by Gasteiger charge is -2.23. The number of nitrogen functional groups attached to an aromatic ring is 1. The molecule has 0 aliphatic rings. The van der Waals surface area contributed by atoms with Crippen LogP contribution in [-0.2, 0) is 20.9 Å². The number of nitrogens with zero attached hydrogens (tertiary/aromatic N) is 1. The van der Waals surface area contributed by atoms with E-state index in [9.17, 15) is 9.46 Å². The van der Waals surface area contributed by atoms with Gasteiger partial charge in [0.25, 0.3) is 0 Å². The zero-order valence-electron chi connectivity index (χ0n) is 19.6. The van der Waals surface area contributed by atoms with Gasteiger partial charge in [-0.05, 0) is 41.4 Å². The predicted octanol–water partition coefficient (Wildman–Crippen LogP) is 6.46. The van der Waals surface area contributed by atoms with E-state index in [-0.39, 0.29) is 16.5 Å². The first-order valence-electron chi connectivity index (χ1n) is 10.9. The summed E-state index contributed by atoms with van der Waals surface area (Å²) in [6, 6.07) is 9.51. The Morgan fingerprint density at radius 2 is 1.88 bits per heavy atom. The minimum atomic E-state index is -4.20. The summed E-state index contributed by atoms with van der Waals surface area (Å²) in [4.78, 5) is 16.3. The third kappa shape index (κ3) is 5.52. The molecule has 6 nitrogen and oxygen atoms in total. The average molecular weight is 477 g/mol. The molecule has 2 unspecified atom stereocenters. The Kier molecular flexibility index (Phi) is 7.35. The molecular weight excluding hydrogens is 443 g/mol. The van der Waals surface area contributed by atoms with E-state index in [0.29, 0.717) is 23.2 Å². The van der Waals surface area contributed by atoms with E-state index in [2.05, 4.69) is 39.6 Å². The van der Waals surface area contributed by atoms with Gasteiger partial charge in [-0.1, -0.05) is 65.8 Å². The van der Waals surface area contributed by atoms with E-state index in [0.717, 1.165) is 16.9 Å². The molecule has 32 heavy (non-hydrogen) atoms. The van der Waals surface area contributed by atoms with E-state index in [1.54, 1.807) is 0 Å². The van der Waals surface area contributed by atoms with Crippen LogP contribution in [0.3, 0.4) is 0 Å². The first-order valence-corrected chi connectivity index (χ1v) is 13.3. The summed E-state index contributed by atoms with van der Waals surface area (Å²) in [6.45, 7) is 12.6. The first-order chi connectivity index (χ1) is 14.9. The minimum Gasteiger partial charge on any atom is -0.462 e. The first kappa shape index (κ1) is 24.7. The Balaban J connectivity index is 1.91. The highest BCUT2D eigenvalue weighted by Gasteiger charge is 2.34. The molecule has 0 spiro atoms. The van der Waals surface area contributed by atoms with Gasteiger partial charge in [0.1, 0.15) is 11.0 Å². The standard InChI is InChI=1S/C24H33N2O4PS/c1-7-18(16-8-10-17(11-9-16)24(4,5)6)30-31(27,28)19-12-13-29-22(19)21-20(14-15(2)3)32-23(25)26-21/h8-13,15,18H,7,14H2,1-6H3,(H2,25,26)(H,27,28). The van der Waals surface area contributed by atoms with Gasteiger partial charge in [0.05, 0.1) is 12.4 Å². The lowest BCUT2D eigenvalue weighted by atomic mass is 9.86. The van der Waals surface area contributed by atoms with E-state index in [4.69, 9.17) is 14.7 Å². The molecule has 0 aliphatic heterocycles. The van der Waals surface area contributed by atoms with Crippen LogP contribution in [0.4, 0.5) is 5.13 Å². The van der Waals surface area contributed by atoms with Crippen LogP contribution in [0.15, 0.2) is 41.0 Å². The van der Waals surface area contributed by atoms with Crippen LogP contribution in [0.5, 0.6) is 0 Å². The van der Waals surface area contributed by atoms with Crippen LogP contribution in [-0.4, -0.2) is 9.88 Å². The molecule has 0 amide bonds. The molecular formula is C24H33N2O4PS. The molecule has 0 saturated heterocycles. The molecule has 8 heteroatoms. The summed E-state index contributed by atoms with van der Waals surface area (Å²) in [5.41, 5.74) is 8.54. The Bertz CT molecular complexity index is 1100. The summed E-state index contributed by atoms with van der Waals surface area (Å²) < 4.78 is 24.8. The van der Waals surface area contributed by atoms with Crippen LogP contribution in [0.25, 0.3) is 11.5 Å². The average Bonchev–Trinajstić information content (AvgIpc) is 3.32. The largest absolute Gasteiger partial charge is 0.462 e. The second kappa shape index (κ2) is 9.52. The lowest BCUT2D eigenvalue weighted by Crippen LogP contribution is -2.13. The molecule has 1 aromatic carbocycles. The van der Waals surface area contributed by atoms with Gasteiger partial charge in [-0.15, -0.1) is 11.3 Å². The van der Waals surface area contributed by atoms with E-state index in [1.807, 2.05) is 31.2 Å². The van der Waals surface area contributed by atoms with Crippen molar-refractivity contribution in [1.82, 2.24) is 4.98 Å². The van der Waals surface area contributed by atoms with Crippen molar-refractivity contribution < 1.29 is 18.4 Å². The second-order valence-electron chi connectivity index (χ2n) is 9.45. The molecule has 0 fully saturated rings. The van der Waals surface area contributed by atoms with Crippen LogP contribution >= 0.6 is 18.9 Å². The Morgan fingerprint density at radius 3 is 2.44 bits per heavy atom. The normalized spacial score (nSPS) is 15.1. The maximum absolute atomic E-state index is 13.4. The Morgan fingerprint density at radius 1 is 1.22 bits per heavy atom. The number of aromatic nitrogens is 1. The summed E-state index contributed by atoms with van der Waals surface area (Å²) in [5, 5.41) is 0.509. The third-order valence-corrected chi connectivity index (χ3v) is 7.67. The maximum Gasteiger partial charge on any atom is 0.363 e. The van der Waals surface area contributed by atoms with Gasteiger partial charge < -0.3 is 15.0 Å². The molecule has 2 atom stereocenters. The number of anilines is 1. The van der Waals surface area contributed by atoms with Crippen LogP contribution in [0, 0.1) is 5.92 Å². The van der Waals surface area contributed by atoms with E-state index in [1.165, 1.54) is 29.2 Å². The lowest BCUT2D eigenvalue weighted by molar-refractivity contribution is 0.178. The minimum absolute atomic E-state index is 0.0299. The van der Waals surface area contributed by atoms with Gasteiger partial charge in [0, 0.05) is 4.88 Å². The number of thiazole rings is 1. The topological polar surface area (TPSA) is 98.6 Å². The summed E-state index contributed by atoms with van der Waals surface area (Å²) in [5.74, 6) is 0.627. The fourth-order valence-electron chi connectivity index (χ4n) is 3.56.